The summed E-state index contributed by atoms with van der Waals surface area (Å²) in [6.45, 7) is 7.85. The van der Waals surface area contributed by atoms with Crippen molar-refractivity contribution < 1.29 is 14.0 Å². The molecular formula is C24H25FN4O2. The first-order valence-corrected chi connectivity index (χ1v) is 9.88. The van der Waals surface area contributed by atoms with Crippen molar-refractivity contribution in [3.05, 3.63) is 82.4 Å². The zero-order valence-corrected chi connectivity index (χ0v) is 18.0. The second-order valence-corrected chi connectivity index (χ2v) is 7.43. The van der Waals surface area contributed by atoms with Crippen LogP contribution >= 0.6 is 0 Å². The van der Waals surface area contributed by atoms with Gasteiger partial charge in [0.2, 0.25) is 11.8 Å². The molecule has 0 spiro atoms. The van der Waals surface area contributed by atoms with Gasteiger partial charge < -0.3 is 10.6 Å². The van der Waals surface area contributed by atoms with E-state index in [4.69, 9.17) is 0 Å². The van der Waals surface area contributed by atoms with E-state index in [-0.39, 0.29) is 11.6 Å². The van der Waals surface area contributed by atoms with E-state index in [1.165, 1.54) is 36.8 Å². The Morgan fingerprint density at radius 2 is 1.77 bits per heavy atom. The van der Waals surface area contributed by atoms with Crippen molar-refractivity contribution in [3.63, 3.8) is 0 Å². The molecule has 0 aliphatic rings. The Labute approximate surface area is 180 Å². The first-order valence-electron chi connectivity index (χ1n) is 9.88. The Bertz CT molecular complexity index is 1150. The maximum absolute atomic E-state index is 13.8. The Hall–Kier alpha value is -3.74. The summed E-state index contributed by atoms with van der Waals surface area (Å²) in [5.74, 6) is -1.34. The van der Waals surface area contributed by atoms with Crippen LogP contribution in [0.15, 0.2) is 48.5 Å². The number of nitrogens with zero attached hydrogens (tertiary/aromatic N) is 2. The van der Waals surface area contributed by atoms with Crippen LogP contribution in [-0.2, 0) is 16.1 Å². The Morgan fingerprint density at radius 3 is 2.45 bits per heavy atom. The summed E-state index contributed by atoms with van der Waals surface area (Å²) in [6.07, 6.45) is 3.13. The fourth-order valence-electron chi connectivity index (χ4n) is 3.20. The van der Waals surface area contributed by atoms with E-state index in [1.807, 2.05) is 25.5 Å². The predicted molar refractivity (Wildman–Crippen MR) is 120 cm³/mol. The third-order valence-corrected chi connectivity index (χ3v) is 4.84. The van der Waals surface area contributed by atoms with Crippen LogP contribution in [0.1, 0.15) is 35.0 Å². The van der Waals surface area contributed by atoms with Crippen LogP contribution in [0, 0.1) is 26.6 Å². The maximum atomic E-state index is 13.8. The molecule has 6 nitrogen and oxygen atoms in total. The number of nitrogens with one attached hydrogen (secondary N) is 2. The minimum atomic E-state index is -0.573. The molecule has 1 heterocycles. The van der Waals surface area contributed by atoms with Crippen LogP contribution in [-0.4, -0.2) is 21.6 Å². The standard InChI is InChI=1S/C24H25FN4O2/c1-15-5-7-19(8-6-15)14-29-17(3)21(16(2)28-29)10-12-24(31)27-20-9-11-22(25)23(13-20)26-18(4)30/h5-13H,14H2,1-4H3,(H,26,30)(H,27,31)/b12-10+. The van der Waals surface area contributed by atoms with E-state index in [1.54, 1.807) is 6.08 Å². The van der Waals surface area contributed by atoms with Gasteiger partial charge in [0.05, 0.1) is 17.9 Å². The summed E-state index contributed by atoms with van der Waals surface area (Å²) < 4.78 is 15.7. The van der Waals surface area contributed by atoms with Crippen molar-refractivity contribution in [1.29, 1.82) is 0 Å². The zero-order valence-electron chi connectivity index (χ0n) is 18.0. The average Bonchev–Trinajstić information content (AvgIpc) is 2.97. The van der Waals surface area contributed by atoms with Crippen LogP contribution in [0.2, 0.25) is 0 Å². The molecule has 0 fully saturated rings. The summed E-state index contributed by atoms with van der Waals surface area (Å²) in [4.78, 5) is 23.5. The number of benzene rings is 2. The number of hydrogen-bond donors (Lipinski definition) is 2. The normalized spacial score (nSPS) is 11.0. The molecule has 7 heteroatoms. The molecule has 0 radical (unpaired) electrons. The van der Waals surface area contributed by atoms with Crippen molar-refractivity contribution >= 4 is 29.3 Å². The number of carbonyl (C=O) groups excluding carboxylic acids is 2. The largest absolute Gasteiger partial charge is 0.324 e. The summed E-state index contributed by atoms with van der Waals surface area (Å²) in [6, 6.07) is 12.3. The van der Waals surface area contributed by atoms with Crippen LogP contribution in [0.3, 0.4) is 0 Å². The van der Waals surface area contributed by atoms with Crippen LogP contribution in [0.4, 0.5) is 15.8 Å². The minimum Gasteiger partial charge on any atom is -0.324 e. The van der Waals surface area contributed by atoms with Gasteiger partial charge in [0.1, 0.15) is 5.82 Å². The number of anilines is 2. The number of rotatable bonds is 6. The van der Waals surface area contributed by atoms with E-state index >= 15 is 0 Å². The summed E-state index contributed by atoms with van der Waals surface area (Å²) >= 11 is 0. The lowest BCUT2D eigenvalue weighted by molar-refractivity contribution is -0.114. The summed E-state index contributed by atoms with van der Waals surface area (Å²) in [7, 11) is 0. The molecule has 1 aromatic heterocycles. The minimum absolute atomic E-state index is 0.0124. The number of aryl methyl sites for hydroxylation is 2. The molecule has 160 valence electrons. The Morgan fingerprint density at radius 1 is 1.06 bits per heavy atom. The van der Waals surface area contributed by atoms with Crippen LogP contribution < -0.4 is 10.6 Å². The third-order valence-electron chi connectivity index (χ3n) is 4.84. The molecule has 2 aromatic carbocycles. The molecule has 2 amide bonds. The van der Waals surface area contributed by atoms with E-state index in [0.717, 1.165) is 22.5 Å². The number of halogens is 1. The van der Waals surface area contributed by atoms with Gasteiger partial charge in [-0.05, 0) is 50.6 Å². The van der Waals surface area contributed by atoms with Gasteiger partial charge in [0.15, 0.2) is 0 Å². The van der Waals surface area contributed by atoms with Gasteiger partial charge in [-0.2, -0.15) is 5.10 Å². The molecular weight excluding hydrogens is 395 g/mol. The van der Waals surface area contributed by atoms with Crippen molar-refractivity contribution in [2.24, 2.45) is 0 Å². The van der Waals surface area contributed by atoms with Gasteiger partial charge in [-0.3, -0.25) is 14.3 Å². The predicted octanol–water partition coefficient (Wildman–Crippen LogP) is 4.61. The van der Waals surface area contributed by atoms with Crippen LogP contribution in [0.25, 0.3) is 6.08 Å². The molecule has 0 atom stereocenters. The van der Waals surface area contributed by atoms with Crippen molar-refractivity contribution in [1.82, 2.24) is 9.78 Å². The fourth-order valence-corrected chi connectivity index (χ4v) is 3.20. The highest BCUT2D eigenvalue weighted by atomic mass is 19.1. The Kier molecular flexibility index (Phi) is 6.65. The smallest absolute Gasteiger partial charge is 0.248 e. The van der Waals surface area contributed by atoms with E-state index in [2.05, 4.69) is 40.0 Å². The lowest BCUT2D eigenvalue weighted by Gasteiger charge is -2.07. The van der Waals surface area contributed by atoms with E-state index < -0.39 is 11.7 Å². The second kappa shape index (κ2) is 9.38. The SMILES string of the molecule is CC(=O)Nc1cc(NC(=O)/C=C/c2c(C)nn(Cc3ccc(C)cc3)c2C)ccc1F. The first-order chi connectivity index (χ1) is 14.7. The number of hydrogen-bond acceptors (Lipinski definition) is 3. The van der Waals surface area contributed by atoms with Crippen molar-refractivity contribution in [3.8, 4) is 0 Å². The molecule has 0 saturated heterocycles. The zero-order chi connectivity index (χ0) is 22.5. The van der Waals surface area contributed by atoms with E-state index in [9.17, 15) is 14.0 Å². The highest BCUT2D eigenvalue weighted by Gasteiger charge is 2.11. The quantitative estimate of drug-likeness (QED) is 0.572. The first kappa shape index (κ1) is 22.0. The molecule has 0 unspecified atom stereocenters. The van der Waals surface area contributed by atoms with Gasteiger partial charge in [-0.25, -0.2) is 4.39 Å². The van der Waals surface area contributed by atoms with Crippen LogP contribution in [0.5, 0.6) is 0 Å². The van der Waals surface area contributed by atoms with Gasteiger partial charge in [0, 0.05) is 29.9 Å². The molecule has 3 aromatic rings. The molecule has 0 saturated carbocycles. The van der Waals surface area contributed by atoms with E-state index in [0.29, 0.717) is 12.2 Å². The molecule has 2 N–H and O–H groups in total. The van der Waals surface area contributed by atoms with Crippen molar-refractivity contribution in [2.75, 3.05) is 10.6 Å². The fraction of sp³-hybridized carbons (Fsp3) is 0.208. The summed E-state index contributed by atoms with van der Waals surface area (Å²) in [5, 5.41) is 9.65. The van der Waals surface area contributed by atoms with Gasteiger partial charge in [-0.1, -0.05) is 29.8 Å². The monoisotopic (exact) mass is 420 g/mol. The lowest BCUT2D eigenvalue weighted by atomic mass is 10.1. The highest BCUT2D eigenvalue weighted by Crippen LogP contribution is 2.20. The Balaban J connectivity index is 1.71. The molecule has 0 aliphatic carbocycles. The van der Waals surface area contributed by atoms with Gasteiger partial charge in [-0.15, -0.1) is 0 Å². The lowest BCUT2D eigenvalue weighted by Crippen LogP contribution is -2.11. The van der Waals surface area contributed by atoms with Gasteiger partial charge in [0.25, 0.3) is 0 Å². The van der Waals surface area contributed by atoms with Crippen molar-refractivity contribution in [2.45, 2.75) is 34.2 Å². The third kappa shape index (κ3) is 5.66. The number of amides is 2. The topological polar surface area (TPSA) is 76.0 Å². The molecule has 0 bridgehead atoms. The maximum Gasteiger partial charge on any atom is 0.248 e. The highest BCUT2D eigenvalue weighted by molar-refractivity contribution is 6.02. The average molecular weight is 420 g/mol. The number of carbonyl (C=O) groups is 2. The molecule has 0 aliphatic heterocycles. The second-order valence-electron chi connectivity index (χ2n) is 7.43. The molecule has 3 rings (SSSR count). The molecule has 31 heavy (non-hydrogen) atoms. The van der Waals surface area contributed by atoms with Gasteiger partial charge >= 0.3 is 0 Å². The summed E-state index contributed by atoms with van der Waals surface area (Å²) in [5.41, 5.74) is 5.40. The number of aromatic nitrogens is 2.